The van der Waals surface area contributed by atoms with Crippen molar-refractivity contribution in [3.05, 3.63) is 21.9 Å². The first-order chi connectivity index (χ1) is 10.8. The van der Waals surface area contributed by atoms with E-state index in [1.807, 2.05) is 20.9 Å². The van der Waals surface area contributed by atoms with Crippen molar-refractivity contribution in [2.24, 2.45) is 5.92 Å². The number of nitrogens with zero attached hydrogens (tertiary/aromatic N) is 2. The molecule has 2 heterocycles. The number of amides is 2. The van der Waals surface area contributed by atoms with E-state index in [0.717, 1.165) is 11.3 Å². The monoisotopic (exact) mass is 338 g/mol. The highest BCUT2D eigenvalue weighted by Gasteiger charge is 2.30. The Morgan fingerprint density at radius 3 is 2.26 bits per heavy atom. The van der Waals surface area contributed by atoms with Crippen molar-refractivity contribution in [1.29, 1.82) is 0 Å². The lowest BCUT2D eigenvalue weighted by Crippen LogP contribution is -2.44. The van der Waals surface area contributed by atoms with Gasteiger partial charge in [-0.15, -0.1) is 11.3 Å². The second kappa shape index (κ2) is 7.12. The Morgan fingerprint density at radius 1 is 1.22 bits per heavy atom. The highest BCUT2D eigenvalue weighted by atomic mass is 32.1. The molecule has 6 nitrogen and oxygen atoms in total. The summed E-state index contributed by atoms with van der Waals surface area (Å²) < 4.78 is 0. The highest BCUT2D eigenvalue weighted by Crippen LogP contribution is 2.24. The van der Waals surface area contributed by atoms with Gasteiger partial charge in [-0.1, -0.05) is 0 Å². The van der Waals surface area contributed by atoms with Gasteiger partial charge in [0.2, 0.25) is 5.91 Å². The van der Waals surface area contributed by atoms with Crippen LogP contribution in [0.2, 0.25) is 0 Å². The Balaban J connectivity index is 1.94. The predicted octanol–water partition coefficient (Wildman–Crippen LogP) is 2.17. The van der Waals surface area contributed by atoms with E-state index in [4.69, 9.17) is 5.11 Å². The van der Waals surface area contributed by atoms with E-state index in [2.05, 4.69) is 0 Å². The molecule has 0 atom stereocenters. The molecule has 0 spiro atoms. The zero-order valence-electron chi connectivity index (χ0n) is 13.6. The van der Waals surface area contributed by atoms with Gasteiger partial charge >= 0.3 is 5.97 Å². The van der Waals surface area contributed by atoms with Gasteiger partial charge < -0.3 is 14.9 Å². The Kier molecular flexibility index (Phi) is 5.41. The van der Waals surface area contributed by atoms with Crippen LogP contribution in [0.4, 0.5) is 0 Å². The topological polar surface area (TPSA) is 77.9 Å². The molecule has 0 unspecified atom stereocenters. The number of carbonyl (C=O) groups is 3. The number of rotatable bonds is 4. The number of hydrogen-bond donors (Lipinski definition) is 1. The van der Waals surface area contributed by atoms with Crippen molar-refractivity contribution in [3.63, 3.8) is 0 Å². The first kappa shape index (κ1) is 17.5. The van der Waals surface area contributed by atoms with Crippen LogP contribution >= 0.6 is 11.3 Å². The molecule has 126 valence electrons. The van der Waals surface area contributed by atoms with Crippen molar-refractivity contribution < 1.29 is 19.5 Å². The minimum atomic E-state index is -1.02. The van der Waals surface area contributed by atoms with Crippen LogP contribution < -0.4 is 0 Å². The molecule has 1 fully saturated rings. The summed E-state index contributed by atoms with van der Waals surface area (Å²) in [5.74, 6) is -1.07. The zero-order valence-corrected chi connectivity index (χ0v) is 14.4. The van der Waals surface area contributed by atoms with Crippen molar-refractivity contribution in [2.75, 3.05) is 20.1 Å². The fourth-order valence-corrected chi connectivity index (χ4v) is 3.41. The summed E-state index contributed by atoms with van der Waals surface area (Å²) in [4.78, 5) is 39.7. The van der Waals surface area contributed by atoms with E-state index in [0.29, 0.717) is 30.8 Å². The number of carboxylic acids is 1. The Bertz CT molecular complexity index is 603. The van der Waals surface area contributed by atoms with Crippen molar-refractivity contribution in [1.82, 2.24) is 9.80 Å². The minimum absolute atomic E-state index is 0.0376. The minimum Gasteiger partial charge on any atom is -0.477 e. The predicted molar refractivity (Wildman–Crippen MR) is 87.8 cm³/mol. The maximum atomic E-state index is 12.4. The molecule has 1 aromatic heterocycles. The molecule has 1 saturated heterocycles. The van der Waals surface area contributed by atoms with E-state index in [9.17, 15) is 14.4 Å². The van der Waals surface area contributed by atoms with E-state index >= 15 is 0 Å². The molecule has 0 saturated carbocycles. The average molecular weight is 338 g/mol. The van der Waals surface area contributed by atoms with Gasteiger partial charge in [-0.05, 0) is 38.8 Å². The number of aromatic carboxylic acids is 1. The molecule has 1 aromatic rings. The van der Waals surface area contributed by atoms with Crippen LogP contribution in [0.1, 0.15) is 46.0 Å². The summed E-state index contributed by atoms with van der Waals surface area (Å²) in [5, 5.41) is 8.93. The number of carbonyl (C=O) groups excluding carboxylic acids is 2. The summed E-state index contributed by atoms with van der Waals surface area (Å²) in [7, 11) is 1.81. The van der Waals surface area contributed by atoms with Gasteiger partial charge in [-0.2, -0.15) is 0 Å². The van der Waals surface area contributed by atoms with Gasteiger partial charge in [-0.25, -0.2) is 4.79 Å². The van der Waals surface area contributed by atoms with E-state index in [1.54, 1.807) is 15.9 Å². The Labute approximate surface area is 139 Å². The fourth-order valence-electron chi connectivity index (χ4n) is 2.60. The molecule has 0 aliphatic carbocycles. The fraction of sp³-hybridized carbons (Fsp3) is 0.562. The van der Waals surface area contributed by atoms with Crippen molar-refractivity contribution in [2.45, 2.75) is 32.7 Å². The standard InChI is InChI=1S/C16H22N2O4S/c1-10(2)17(3)14(19)11-6-8-18(9-7-11)15(20)12-4-5-13(23-12)16(21)22/h4-5,10-11H,6-9H2,1-3H3,(H,21,22). The quantitative estimate of drug-likeness (QED) is 0.912. The molecule has 7 heteroatoms. The van der Waals surface area contributed by atoms with E-state index in [1.165, 1.54) is 6.07 Å². The third kappa shape index (κ3) is 3.90. The van der Waals surface area contributed by atoms with Crippen LogP contribution in [-0.4, -0.2) is 58.9 Å². The smallest absolute Gasteiger partial charge is 0.345 e. The largest absolute Gasteiger partial charge is 0.477 e. The molecule has 2 rings (SSSR count). The van der Waals surface area contributed by atoms with Crippen molar-refractivity contribution >= 4 is 29.1 Å². The zero-order chi connectivity index (χ0) is 17.1. The lowest BCUT2D eigenvalue weighted by atomic mass is 9.95. The molecule has 1 N–H and O–H groups in total. The van der Waals surface area contributed by atoms with Gasteiger partial charge in [0.05, 0.1) is 4.88 Å². The number of likely N-dealkylation sites (tertiary alicyclic amines) is 1. The third-order valence-corrected chi connectivity index (χ3v) is 5.34. The second-order valence-electron chi connectivity index (χ2n) is 6.08. The van der Waals surface area contributed by atoms with Crippen LogP contribution in [0.5, 0.6) is 0 Å². The molecule has 0 bridgehead atoms. The number of thiophene rings is 1. The van der Waals surface area contributed by atoms with Crippen LogP contribution in [0.3, 0.4) is 0 Å². The molecule has 0 radical (unpaired) electrons. The van der Waals surface area contributed by atoms with Gasteiger partial charge in [-0.3, -0.25) is 9.59 Å². The summed E-state index contributed by atoms with van der Waals surface area (Å²) >= 11 is 0.993. The first-order valence-electron chi connectivity index (χ1n) is 7.70. The SMILES string of the molecule is CC(C)N(C)C(=O)C1CCN(C(=O)c2ccc(C(=O)O)s2)CC1. The molecular weight excluding hydrogens is 316 g/mol. The van der Waals surface area contributed by atoms with Crippen LogP contribution in [0.15, 0.2) is 12.1 Å². The van der Waals surface area contributed by atoms with Crippen LogP contribution in [0, 0.1) is 5.92 Å². The highest BCUT2D eigenvalue weighted by molar-refractivity contribution is 7.15. The number of piperidine rings is 1. The maximum absolute atomic E-state index is 12.4. The molecule has 1 aliphatic heterocycles. The Hall–Kier alpha value is -1.89. The van der Waals surface area contributed by atoms with Crippen molar-refractivity contribution in [3.8, 4) is 0 Å². The molecule has 0 aromatic carbocycles. The third-order valence-electron chi connectivity index (χ3n) is 4.28. The second-order valence-corrected chi connectivity index (χ2v) is 7.16. The lowest BCUT2D eigenvalue weighted by Gasteiger charge is -2.34. The molecule has 1 aliphatic rings. The summed E-state index contributed by atoms with van der Waals surface area (Å²) in [6, 6.07) is 3.18. The van der Waals surface area contributed by atoms with Crippen LogP contribution in [0.25, 0.3) is 0 Å². The van der Waals surface area contributed by atoms with Gasteiger partial charge in [0.25, 0.3) is 5.91 Å². The van der Waals surface area contributed by atoms with E-state index in [-0.39, 0.29) is 28.7 Å². The van der Waals surface area contributed by atoms with Gasteiger partial charge in [0, 0.05) is 32.1 Å². The summed E-state index contributed by atoms with van der Waals surface area (Å²) in [5.41, 5.74) is 0. The molecule has 2 amide bonds. The van der Waals surface area contributed by atoms with E-state index < -0.39 is 5.97 Å². The van der Waals surface area contributed by atoms with Gasteiger partial charge in [0.1, 0.15) is 4.88 Å². The Morgan fingerprint density at radius 2 is 1.78 bits per heavy atom. The maximum Gasteiger partial charge on any atom is 0.345 e. The summed E-state index contributed by atoms with van der Waals surface area (Å²) in [6.45, 7) is 5.02. The van der Waals surface area contributed by atoms with Gasteiger partial charge in [0.15, 0.2) is 0 Å². The number of carboxylic acid groups (broad SMARTS) is 1. The molecule has 23 heavy (non-hydrogen) atoms. The summed E-state index contributed by atoms with van der Waals surface area (Å²) in [6.07, 6.45) is 1.30. The first-order valence-corrected chi connectivity index (χ1v) is 8.52. The number of hydrogen-bond acceptors (Lipinski definition) is 4. The van der Waals surface area contributed by atoms with Crippen LogP contribution in [-0.2, 0) is 4.79 Å². The average Bonchev–Trinajstić information content (AvgIpc) is 3.03. The normalized spacial score (nSPS) is 15.7. The lowest BCUT2D eigenvalue weighted by molar-refractivity contribution is -0.137. The molecular formula is C16H22N2O4S.